The Morgan fingerprint density at radius 3 is 2.64 bits per heavy atom. The van der Waals surface area contributed by atoms with E-state index in [0.29, 0.717) is 38.7 Å². The van der Waals surface area contributed by atoms with Crippen LogP contribution < -0.4 is 16.0 Å². The van der Waals surface area contributed by atoms with Crippen LogP contribution in [0.1, 0.15) is 13.3 Å². The highest BCUT2D eigenvalue weighted by Gasteiger charge is 2.26. The third kappa shape index (κ3) is 6.94. The molecule has 142 valence electrons. The number of halogens is 1. The summed E-state index contributed by atoms with van der Waals surface area (Å²) in [5.41, 5.74) is 5.67. The molecular formula is C15H27IN6O2S. The minimum Gasteiger partial charge on any atom is -0.370 e. The van der Waals surface area contributed by atoms with Crippen LogP contribution in [0.2, 0.25) is 0 Å². The highest BCUT2D eigenvalue weighted by molar-refractivity contribution is 14.0. The number of hydrogen-bond acceptors (Lipinski definition) is 5. The number of anilines is 1. The number of nitrogens with two attached hydrogens (primary N) is 1. The van der Waals surface area contributed by atoms with Crippen molar-refractivity contribution in [3.8, 4) is 0 Å². The molecule has 1 aromatic rings. The molecular weight excluding hydrogens is 455 g/mol. The number of nitrogens with one attached hydrogen (secondary N) is 1. The first-order valence-corrected chi connectivity index (χ1v) is 9.81. The molecule has 0 aromatic carbocycles. The van der Waals surface area contributed by atoms with Gasteiger partial charge in [-0.3, -0.25) is 4.99 Å². The predicted molar refractivity (Wildman–Crippen MR) is 112 cm³/mol. The van der Waals surface area contributed by atoms with Gasteiger partial charge in [0.05, 0.1) is 5.75 Å². The molecule has 25 heavy (non-hydrogen) atoms. The van der Waals surface area contributed by atoms with E-state index in [2.05, 4.69) is 20.2 Å². The number of piperazine rings is 1. The smallest absolute Gasteiger partial charge is 0.215 e. The van der Waals surface area contributed by atoms with Gasteiger partial charge in [-0.25, -0.2) is 13.4 Å². The van der Waals surface area contributed by atoms with E-state index in [1.165, 1.54) is 4.31 Å². The maximum atomic E-state index is 12.4. The summed E-state index contributed by atoms with van der Waals surface area (Å²) in [6.45, 7) is 5.14. The predicted octanol–water partition coefficient (Wildman–Crippen LogP) is 0.466. The van der Waals surface area contributed by atoms with Crippen LogP contribution in [-0.4, -0.2) is 68.7 Å². The molecule has 0 atom stereocenters. The molecule has 1 aliphatic heterocycles. The van der Waals surface area contributed by atoms with Crippen LogP contribution in [0.3, 0.4) is 0 Å². The third-order valence-corrected chi connectivity index (χ3v) is 5.65. The zero-order valence-electron chi connectivity index (χ0n) is 14.5. The van der Waals surface area contributed by atoms with E-state index in [1.807, 2.05) is 25.1 Å². The van der Waals surface area contributed by atoms with Crippen molar-refractivity contribution in [1.82, 2.24) is 14.6 Å². The maximum absolute atomic E-state index is 12.4. The van der Waals surface area contributed by atoms with E-state index in [-0.39, 0.29) is 36.3 Å². The van der Waals surface area contributed by atoms with Crippen LogP contribution in [0.25, 0.3) is 0 Å². The number of hydrogen-bond donors (Lipinski definition) is 2. The lowest BCUT2D eigenvalue weighted by molar-refractivity contribution is 0.384. The van der Waals surface area contributed by atoms with Gasteiger partial charge in [-0.05, 0) is 18.6 Å². The van der Waals surface area contributed by atoms with Gasteiger partial charge < -0.3 is 16.0 Å². The Morgan fingerprint density at radius 1 is 1.32 bits per heavy atom. The lowest BCUT2D eigenvalue weighted by atomic mass is 10.3. The van der Waals surface area contributed by atoms with Gasteiger partial charge in [0.15, 0.2) is 5.96 Å². The number of rotatable bonds is 7. The van der Waals surface area contributed by atoms with E-state index in [1.54, 1.807) is 6.20 Å². The Hall–Kier alpha value is -1.14. The molecule has 1 fully saturated rings. The fraction of sp³-hybridized carbons (Fsp3) is 0.600. The van der Waals surface area contributed by atoms with E-state index in [4.69, 9.17) is 5.73 Å². The summed E-state index contributed by atoms with van der Waals surface area (Å²) >= 11 is 0. The molecule has 0 saturated carbocycles. The van der Waals surface area contributed by atoms with Crippen LogP contribution in [0.15, 0.2) is 29.4 Å². The van der Waals surface area contributed by atoms with Gasteiger partial charge in [0, 0.05) is 45.5 Å². The Labute approximate surface area is 167 Å². The first-order chi connectivity index (χ1) is 11.5. The first-order valence-electron chi connectivity index (χ1n) is 8.20. The Balaban J connectivity index is 0.00000312. The SMILES string of the molecule is CCCN=C(N)NCCS(=O)(=O)N1CCN(c2ccccn2)CC1.I. The lowest BCUT2D eigenvalue weighted by Gasteiger charge is -2.34. The van der Waals surface area contributed by atoms with Crippen molar-refractivity contribution in [3.05, 3.63) is 24.4 Å². The summed E-state index contributed by atoms with van der Waals surface area (Å²) in [6, 6.07) is 5.74. The van der Waals surface area contributed by atoms with Crippen molar-refractivity contribution in [2.24, 2.45) is 10.7 Å². The zero-order chi connectivity index (χ0) is 17.4. The third-order valence-electron chi connectivity index (χ3n) is 3.78. The Bertz CT molecular complexity index is 633. The maximum Gasteiger partial charge on any atom is 0.215 e. The molecule has 0 aliphatic carbocycles. The topological polar surface area (TPSA) is 104 Å². The van der Waals surface area contributed by atoms with E-state index in [0.717, 1.165) is 12.2 Å². The second-order valence-corrected chi connectivity index (χ2v) is 7.67. The summed E-state index contributed by atoms with van der Waals surface area (Å²) < 4.78 is 26.3. The minimum atomic E-state index is -3.29. The Kier molecular flexibility index (Phi) is 9.43. The molecule has 0 radical (unpaired) electrons. The molecule has 0 unspecified atom stereocenters. The molecule has 1 aliphatic rings. The molecule has 1 aromatic heterocycles. The number of guanidine groups is 1. The number of pyridine rings is 1. The van der Waals surface area contributed by atoms with Gasteiger partial charge in [-0.2, -0.15) is 4.31 Å². The molecule has 0 amide bonds. The van der Waals surface area contributed by atoms with Crippen molar-refractivity contribution >= 4 is 45.8 Å². The lowest BCUT2D eigenvalue weighted by Crippen LogP contribution is -2.50. The van der Waals surface area contributed by atoms with Gasteiger partial charge in [-0.1, -0.05) is 13.0 Å². The van der Waals surface area contributed by atoms with Crippen LogP contribution in [0.5, 0.6) is 0 Å². The van der Waals surface area contributed by atoms with E-state index >= 15 is 0 Å². The van der Waals surface area contributed by atoms with Crippen molar-refractivity contribution < 1.29 is 8.42 Å². The van der Waals surface area contributed by atoms with Gasteiger partial charge in [0.1, 0.15) is 5.82 Å². The molecule has 0 bridgehead atoms. The van der Waals surface area contributed by atoms with Crippen molar-refractivity contribution in [2.45, 2.75) is 13.3 Å². The van der Waals surface area contributed by atoms with Gasteiger partial charge in [0.25, 0.3) is 0 Å². The molecule has 3 N–H and O–H groups in total. The second-order valence-electron chi connectivity index (χ2n) is 5.58. The normalized spacial score (nSPS) is 16.4. The van der Waals surface area contributed by atoms with E-state index in [9.17, 15) is 8.42 Å². The summed E-state index contributed by atoms with van der Waals surface area (Å²) in [5, 5.41) is 2.85. The minimum absolute atomic E-state index is 0. The van der Waals surface area contributed by atoms with Crippen LogP contribution in [0, 0.1) is 0 Å². The highest BCUT2D eigenvalue weighted by Crippen LogP contribution is 2.14. The highest BCUT2D eigenvalue weighted by atomic mass is 127. The monoisotopic (exact) mass is 482 g/mol. The summed E-state index contributed by atoms with van der Waals surface area (Å²) in [7, 11) is -3.29. The van der Waals surface area contributed by atoms with Gasteiger partial charge in [0.2, 0.25) is 10.0 Å². The number of aliphatic imine (C=N–C) groups is 1. The molecule has 2 heterocycles. The average molecular weight is 482 g/mol. The second kappa shape index (κ2) is 10.8. The largest absolute Gasteiger partial charge is 0.370 e. The average Bonchev–Trinajstić information content (AvgIpc) is 2.60. The van der Waals surface area contributed by atoms with Crippen LogP contribution >= 0.6 is 24.0 Å². The Morgan fingerprint density at radius 2 is 2.04 bits per heavy atom. The van der Waals surface area contributed by atoms with Crippen LogP contribution in [-0.2, 0) is 10.0 Å². The fourth-order valence-electron chi connectivity index (χ4n) is 2.46. The van der Waals surface area contributed by atoms with Crippen LogP contribution in [0.4, 0.5) is 5.82 Å². The van der Waals surface area contributed by atoms with Gasteiger partial charge >= 0.3 is 0 Å². The van der Waals surface area contributed by atoms with Crippen molar-refractivity contribution in [3.63, 3.8) is 0 Å². The number of nitrogens with zero attached hydrogens (tertiary/aromatic N) is 4. The van der Waals surface area contributed by atoms with Crippen molar-refractivity contribution in [1.29, 1.82) is 0 Å². The molecule has 10 heteroatoms. The van der Waals surface area contributed by atoms with Crippen molar-refractivity contribution in [2.75, 3.05) is 49.9 Å². The molecule has 1 saturated heterocycles. The van der Waals surface area contributed by atoms with Gasteiger partial charge in [-0.15, -0.1) is 24.0 Å². The summed E-state index contributed by atoms with van der Waals surface area (Å²) in [6.07, 6.45) is 2.65. The molecule has 0 spiro atoms. The van der Waals surface area contributed by atoms with E-state index < -0.39 is 10.0 Å². The standard InChI is InChI=1S/C15H26N6O2S.HI/c1-2-6-18-15(16)19-8-13-24(22,23)21-11-9-20(10-12-21)14-5-3-4-7-17-14;/h3-5,7H,2,6,8-13H2,1H3,(H3,16,18,19);1H. The first kappa shape index (κ1) is 21.9. The number of aromatic nitrogens is 1. The molecule has 2 rings (SSSR count). The summed E-state index contributed by atoms with van der Waals surface area (Å²) in [5.74, 6) is 1.20. The molecule has 8 nitrogen and oxygen atoms in total. The quantitative estimate of drug-likeness (QED) is 0.333. The number of sulfonamides is 1. The fourth-order valence-corrected chi connectivity index (χ4v) is 3.80. The zero-order valence-corrected chi connectivity index (χ0v) is 17.6. The summed E-state index contributed by atoms with van der Waals surface area (Å²) in [4.78, 5) is 10.5.